The van der Waals surface area contributed by atoms with Gasteiger partial charge in [-0.3, -0.25) is 4.98 Å². The fourth-order valence-electron chi connectivity index (χ4n) is 2.10. The highest BCUT2D eigenvalue weighted by Crippen LogP contribution is 2.31. The van der Waals surface area contributed by atoms with Gasteiger partial charge in [-0.1, -0.05) is 41.1 Å². The minimum atomic E-state index is -0.290. The molecule has 2 rings (SSSR count). The summed E-state index contributed by atoms with van der Waals surface area (Å²) in [5, 5.41) is 3.33. The van der Waals surface area contributed by atoms with Crippen LogP contribution < -0.4 is 5.32 Å². The maximum Gasteiger partial charge on any atom is 0.146 e. The van der Waals surface area contributed by atoms with Crippen molar-refractivity contribution in [2.24, 2.45) is 0 Å². The number of hydrogen-bond donors (Lipinski definition) is 1. The molecule has 0 saturated carbocycles. The lowest BCUT2D eigenvalue weighted by Gasteiger charge is -2.21. The largest absolute Gasteiger partial charge is 0.306 e. The smallest absolute Gasteiger partial charge is 0.146 e. The van der Waals surface area contributed by atoms with Gasteiger partial charge in [0.25, 0.3) is 0 Å². The van der Waals surface area contributed by atoms with E-state index in [1.807, 2.05) is 32.0 Å². The van der Waals surface area contributed by atoms with E-state index in [0.717, 1.165) is 22.1 Å². The zero-order valence-corrected chi connectivity index (χ0v) is 12.5. The van der Waals surface area contributed by atoms with Crippen molar-refractivity contribution in [3.63, 3.8) is 0 Å². The first kappa shape index (κ1) is 14.2. The topological polar surface area (TPSA) is 24.9 Å². The average molecular weight is 323 g/mol. The standard InChI is InChI=1S/C15H16BrFN2/c1-3-19-15(11-7-8-18-9-13(11)17)12-6-4-5-10(2)14(12)16/h4-9,15,19H,3H2,1-2H3. The number of rotatable bonds is 4. The molecule has 0 aliphatic carbocycles. The maximum absolute atomic E-state index is 14.0. The molecule has 0 spiro atoms. The van der Waals surface area contributed by atoms with Crippen LogP contribution in [-0.4, -0.2) is 11.5 Å². The molecule has 1 unspecified atom stereocenters. The van der Waals surface area contributed by atoms with Crippen LogP contribution in [0.3, 0.4) is 0 Å². The molecule has 1 heterocycles. The average Bonchev–Trinajstić information content (AvgIpc) is 2.41. The zero-order valence-electron chi connectivity index (χ0n) is 11.0. The summed E-state index contributed by atoms with van der Waals surface area (Å²) in [5.74, 6) is -0.290. The predicted molar refractivity (Wildman–Crippen MR) is 78.6 cm³/mol. The van der Waals surface area contributed by atoms with Gasteiger partial charge in [0.2, 0.25) is 0 Å². The Morgan fingerprint density at radius 2 is 2.11 bits per heavy atom. The fraction of sp³-hybridized carbons (Fsp3) is 0.267. The van der Waals surface area contributed by atoms with Crippen molar-refractivity contribution in [2.75, 3.05) is 6.54 Å². The molecule has 1 N–H and O–H groups in total. The van der Waals surface area contributed by atoms with Crippen LogP contribution in [0.4, 0.5) is 4.39 Å². The monoisotopic (exact) mass is 322 g/mol. The maximum atomic E-state index is 14.0. The van der Waals surface area contributed by atoms with Gasteiger partial charge in [-0.25, -0.2) is 4.39 Å². The van der Waals surface area contributed by atoms with Crippen LogP contribution in [0.2, 0.25) is 0 Å². The molecule has 0 amide bonds. The van der Waals surface area contributed by atoms with Crippen LogP contribution >= 0.6 is 15.9 Å². The molecule has 0 radical (unpaired) electrons. The number of benzene rings is 1. The molecule has 1 aromatic heterocycles. The molecule has 0 fully saturated rings. The lowest BCUT2D eigenvalue weighted by atomic mass is 9.97. The first-order chi connectivity index (χ1) is 9.15. The SMILES string of the molecule is CCNC(c1ccncc1F)c1cccc(C)c1Br. The first-order valence-corrected chi connectivity index (χ1v) is 7.02. The van der Waals surface area contributed by atoms with E-state index in [2.05, 4.69) is 26.2 Å². The van der Waals surface area contributed by atoms with E-state index in [9.17, 15) is 4.39 Å². The molecule has 0 bridgehead atoms. The molecular weight excluding hydrogens is 307 g/mol. The van der Waals surface area contributed by atoms with Crippen molar-refractivity contribution in [3.05, 3.63) is 63.6 Å². The zero-order chi connectivity index (χ0) is 13.8. The highest BCUT2D eigenvalue weighted by atomic mass is 79.9. The number of aryl methyl sites for hydroxylation is 1. The Kier molecular flexibility index (Phi) is 4.66. The summed E-state index contributed by atoms with van der Waals surface area (Å²) >= 11 is 3.59. The molecule has 0 aliphatic rings. The van der Waals surface area contributed by atoms with E-state index < -0.39 is 0 Å². The van der Waals surface area contributed by atoms with Crippen molar-refractivity contribution in [2.45, 2.75) is 19.9 Å². The minimum absolute atomic E-state index is 0.178. The molecule has 100 valence electrons. The number of nitrogens with one attached hydrogen (secondary N) is 1. The van der Waals surface area contributed by atoms with E-state index in [4.69, 9.17) is 0 Å². The van der Waals surface area contributed by atoms with Gasteiger partial charge < -0.3 is 5.32 Å². The summed E-state index contributed by atoms with van der Waals surface area (Å²) in [6.45, 7) is 4.79. The van der Waals surface area contributed by atoms with E-state index in [1.54, 1.807) is 12.3 Å². The van der Waals surface area contributed by atoms with Gasteiger partial charge >= 0.3 is 0 Å². The van der Waals surface area contributed by atoms with E-state index in [0.29, 0.717) is 5.56 Å². The number of halogens is 2. The second-order valence-electron chi connectivity index (χ2n) is 4.37. The Balaban J connectivity index is 2.52. The second-order valence-corrected chi connectivity index (χ2v) is 5.16. The van der Waals surface area contributed by atoms with Gasteiger partial charge in [-0.05, 0) is 30.7 Å². The van der Waals surface area contributed by atoms with Crippen LogP contribution in [0.15, 0.2) is 41.1 Å². The second kappa shape index (κ2) is 6.26. The number of aromatic nitrogens is 1. The number of nitrogens with zero attached hydrogens (tertiary/aromatic N) is 1. The van der Waals surface area contributed by atoms with Crippen LogP contribution in [0.1, 0.15) is 29.7 Å². The summed E-state index contributed by atoms with van der Waals surface area (Å²) < 4.78 is 15.0. The summed E-state index contributed by atoms with van der Waals surface area (Å²) in [5.41, 5.74) is 2.78. The lowest BCUT2D eigenvalue weighted by Crippen LogP contribution is -2.23. The van der Waals surface area contributed by atoms with Crippen LogP contribution in [-0.2, 0) is 0 Å². The Bertz CT molecular complexity index is 572. The lowest BCUT2D eigenvalue weighted by molar-refractivity contribution is 0.553. The van der Waals surface area contributed by atoms with Gasteiger partial charge in [0.1, 0.15) is 5.82 Å². The Hall–Kier alpha value is -1.26. The van der Waals surface area contributed by atoms with Gasteiger partial charge in [0.15, 0.2) is 0 Å². The fourth-order valence-corrected chi connectivity index (χ4v) is 2.60. The third-order valence-electron chi connectivity index (χ3n) is 3.06. The third-order valence-corrected chi connectivity index (χ3v) is 4.14. The highest BCUT2D eigenvalue weighted by Gasteiger charge is 2.19. The molecular formula is C15H16BrFN2. The highest BCUT2D eigenvalue weighted by molar-refractivity contribution is 9.10. The molecule has 2 aromatic rings. The quantitative estimate of drug-likeness (QED) is 0.920. The van der Waals surface area contributed by atoms with Crippen molar-refractivity contribution in [3.8, 4) is 0 Å². The number of pyridine rings is 1. The Labute approximate surface area is 121 Å². The predicted octanol–water partition coefficient (Wildman–Crippen LogP) is 3.99. The van der Waals surface area contributed by atoms with Crippen molar-refractivity contribution in [1.29, 1.82) is 0 Å². The summed E-state index contributed by atoms with van der Waals surface area (Å²) in [6.07, 6.45) is 2.87. The van der Waals surface area contributed by atoms with Crippen molar-refractivity contribution < 1.29 is 4.39 Å². The van der Waals surface area contributed by atoms with Crippen LogP contribution in [0.25, 0.3) is 0 Å². The van der Waals surface area contributed by atoms with E-state index in [-0.39, 0.29) is 11.9 Å². The minimum Gasteiger partial charge on any atom is -0.306 e. The Morgan fingerprint density at radius 3 is 2.79 bits per heavy atom. The molecule has 1 aromatic carbocycles. The van der Waals surface area contributed by atoms with Gasteiger partial charge in [-0.15, -0.1) is 0 Å². The molecule has 1 atom stereocenters. The molecule has 0 aliphatic heterocycles. The molecule has 4 heteroatoms. The van der Waals surface area contributed by atoms with Gasteiger partial charge in [-0.2, -0.15) is 0 Å². The van der Waals surface area contributed by atoms with Crippen molar-refractivity contribution >= 4 is 15.9 Å². The Morgan fingerprint density at radius 1 is 1.32 bits per heavy atom. The van der Waals surface area contributed by atoms with Crippen LogP contribution in [0, 0.1) is 12.7 Å². The van der Waals surface area contributed by atoms with E-state index in [1.165, 1.54) is 6.20 Å². The first-order valence-electron chi connectivity index (χ1n) is 6.23. The molecule has 2 nitrogen and oxygen atoms in total. The van der Waals surface area contributed by atoms with Crippen LogP contribution in [0.5, 0.6) is 0 Å². The summed E-state index contributed by atoms with van der Waals surface area (Å²) in [4.78, 5) is 3.81. The third kappa shape index (κ3) is 3.01. The molecule has 0 saturated heterocycles. The summed E-state index contributed by atoms with van der Waals surface area (Å²) in [6, 6.07) is 7.56. The van der Waals surface area contributed by atoms with Crippen molar-refractivity contribution in [1.82, 2.24) is 10.3 Å². The van der Waals surface area contributed by atoms with E-state index >= 15 is 0 Å². The molecule has 19 heavy (non-hydrogen) atoms. The van der Waals surface area contributed by atoms with Gasteiger partial charge in [0, 0.05) is 16.2 Å². The summed E-state index contributed by atoms with van der Waals surface area (Å²) in [7, 11) is 0. The number of hydrogen-bond acceptors (Lipinski definition) is 2. The normalized spacial score (nSPS) is 12.4. The van der Waals surface area contributed by atoms with Gasteiger partial charge in [0.05, 0.1) is 12.2 Å².